The Morgan fingerprint density at radius 3 is 0.469 bits per heavy atom. The first kappa shape index (κ1) is 135. The third-order valence-electron chi connectivity index (χ3n) is 23.7. The summed E-state index contributed by atoms with van der Waals surface area (Å²) in [5.74, 6) is -16.3. The quantitative estimate of drug-likeness (QED) is 0.0307. The largest absolute Gasteiger partial charge is 0.368 e. The van der Waals surface area contributed by atoms with Gasteiger partial charge < -0.3 is 124 Å². The molecule has 0 aliphatic carbocycles. The van der Waals surface area contributed by atoms with E-state index in [1.54, 1.807) is 0 Å². The molecule has 0 spiro atoms. The monoisotopic (exact) mass is 2070 g/mol. The van der Waals surface area contributed by atoms with Crippen molar-refractivity contribution in [1.29, 1.82) is 0 Å². The number of nitrogens with one attached hydrogen (secondary N) is 18. The van der Waals surface area contributed by atoms with Gasteiger partial charge >= 0.3 is 0 Å². The highest BCUT2D eigenvalue weighted by Gasteiger charge is 2.41. The summed E-state index contributed by atoms with van der Waals surface area (Å²) < 4.78 is 0. The predicted octanol–water partition coefficient (Wildman–Crippen LogP) is 2.94. The maximum absolute atomic E-state index is 15.0. The average Bonchev–Trinajstić information content (AvgIpc) is 0.829. The van der Waals surface area contributed by atoms with Gasteiger partial charge in [0.25, 0.3) is 0 Å². The van der Waals surface area contributed by atoms with E-state index in [0.29, 0.717) is 71.0 Å². The molecule has 0 aliphatic rings. The third-order valence-corrected chi connectivity index (χ3v) is 23.7. The molecule has 834 valence electrons. The van der Waals surface area contributed by atoms with Gasteiger partial charge in [0.2, 0.25) is 112 Å². The molecule has 0 aromatic carbocycles. The molecule has 0 saturated carbocycles. The van der Waals surface area contributed by atoms with Crippen molar-refractivity contribution in [1.82, 2.24) is 95.7 Å². The van der Waals surface area contributed by atoms with Crippen LogP contribution in [0.5, 0.6) is 0 Å². The summed E-state index contributed by atoms with van der Waals surface area (Å²) in [5.41, 5.74) is 28.4. The first-order valence-corrected chi connectivity index (χ1v) is 53.2. The molecular weight excluding hydrogens is 1880 g/mol. The number of carbonyl (C=O) groups excluding carboxylic acids is 19. The number of amides is 19. The van der Waals surface area contributed by atoms with Gasteiger partial charge in [-0.3, -0.25) is 91.1 Å². The molecule has 0 bridgehead atoms. The molecule has 42 nitrogen and oxygen atoms in total. The second-order valence-electron chi connectivity index (χ2n) is 44.3. The molecule has 0 aromatic heterocycles. The van der Waals surface area contributed by atoms with E-state index in [2.05, 4.69) is 95.7 Å². The number of rotatable bonds is 76. The first-order valence-electron chi connectivity index (χ1n) is 53.2. The molecule has 0 heterocycles. The van der Waals surface area contributed by atoms with E-state index in [4.69, 9.17) is 28.7 Å². The summed E-state index contributed by atoms with van der Waals surface area (Å²) in [7, 11) is 0. The summed E-state index contributed by atoms with van der Waals surface area (Å²) in [4.78, 5) is 270. The molecule has 28 N–H and O–H groups in total. The first-order chi connectivity index (χ1) is 67.7. The maximum atomic E-state index is 15.0. The van der Waals surface area contributed by atoms with E-state index in [1.165, 1.54) is 13.8 Å². The van der Waals surface area contributed by atoms with Crippen molar-refractivity contribution in [3.05, 3.63) is 0 Å². The van der Waals surface area contributed by atoms with Crippen LogP contribution in [0.4, 0.5) is 0 Å². The smallest absolute Gasteiger partial charge is 0.243 e. The van der Waals surface area contributed by atoms with Crippen molar-refractivity contribution in [2.45, 2.75) is 437 Å². The fourth-order valence-corrected chi connectivity index (χ4v) is 16.5. The van der Waals surface area contributed by atoms with E-state index in [-0.39, 0.29) is 180 Å². The number of primary amides is 1. The summed E-state index contributed by atoms with van der Waals surface area (Å²) in [6.45, 7) is 47.2. The van der Waals surface area contributed by atoms with Gasteiger partial charge in [0.1, 0.15) is 103 Å². The van der Waals surface area contributed by atoms with E-state index < -0.39 is 221 Å². The van der Waals surface area contributed by atoms with E-state index in [9.17, 15) is 91.1 Å². The van der Waals surface area contributed by atoms with Crippen LogP contribution in [0.2, 0.25) is 0 Å². The van der Waals surface area contributed by atoms with Crippen LogP contribution in [-0.4, -0.2) is 248 Å². The lowest BCUT2D eigenvalue weighted by Crippen LogP contribution is -2.61. The number of hydrogen-bond donors (Lipinski definition) is 23. The SMILES string of the molecule is CC(=O)N[C@@H](CCCCN)C(=O)N[C@@H](CCCCN)C(=O)NCC(=O)N[C@@H](CC(C)C)[13C](=O)N[C@@H](CC(C)C)[13C](=O)N[C@@H](CC(C)C)[13C](=O)N[C@@H](CC(C)C)[13C](=O)N[C@@H](CC(C)C)[13C](=O)N[C@@H](CC(C)C)[13C](=O)N[C@@H](CC(C)C)[13C](=O)N[C@@H](CC(C)C)[13C](=O)N[C@@H](CC(C)C)[13C](=O)N[C@@H](CC(C)C)[13C](=O)N[C@@H](CC(C)C)[13C](=O)N[C@@H](CC(C)C)[13C](=O)N[C@@H](CCCCN)C(=O)N[C@@H](CCCCN)C(=O)N[C@@H](C)C(N)=O. The minimum atomic E-state index is -1.31. The summed E-state index contributed by atoms with van der Waals surface area (Å²) in [6.07, 6.45) is 5.35. The second-order valence-corrected chi connectivity index (χ2v) is 44.3. The molecular formula is C103H193N23O19. The fraction of sp³-hybridized carbons (Fsp3) is 0.816. The Labute approximate surface area is 864 Å². The lowest BCUT2D eigenvalue weighted by atomic mass is 10.0. The van der Waals surface area contributed by atoms with Crippen LogP contribution < -0.4 is 124 Å². The van der Waals surface area contributed by atoms with Gasteiger partial charge in [-0.2, -0.15) is 0 Å². The fourth-order valence-electron chi connectivity index (χ4n) is 16.5. The molecule has 0 saturated heterocycles. The lowest BCUT2D eigenvalue weighted by Gasteiger charge is -2.30. The van der Waals surface area contributed by atoms with Gasteiger partial charge in [-0.25, -0.2) is 0 Å². The van der Waals surface area contributed by atoms with Crippen molar-refractivity contribution in [3.8, 4) is 0 Å². The van der Waals surface area contributed by atoms with Crippen LogP contribution in [0.25, 0.3) is 0 Å². The number of hydrogen-bond acceptors (Lipinski definition) is 23. The minimum absolute atomic E-state index is 0.0462. The Kier molecular flexibility index (Phi) is 67.1. The highest BCUT2D eigenvalue weighted by atomic mass is 16.3. The molecule has 0 fully saturated rings. The maximum Gasteiger partial charge on any atom is 0.243 e. The Hall–Kier alpha value is -10.2. The Morgan fingerprint density at radius 1 is 0.179 bits per heavy atom. The standard InChI is InChI=1S/C103H193N23O19/c1-56(2)43-74(112-86(128)55-109-88(130)70(35-27-31-39-104)113-90(132)71(111-69(26)127)36-28-32-40-105)92(134)116-76(45-58(5)6)94(136)118-78(47-60(9)10)96(138)120-80(49-62(13)14)98(140)122-82(51-64(17)18)100(142)124-84(53-66(21)22)102(144)126-85(54-67(23)24)103(145)125-83(52-65(19)20)101(143)123-81(50-63(15)16)99(141)121-79(48-61(11)12)97(139)119-77(46-59(7)8)95(137)117-75(44-57(3)4)93(135)115-73(38-30-34-42-107)91(133)114-72(37-29-33-41-106)89(131)110-68(25)87(108)129/h56-68,70-85H,27-55,104-107H2,1-26H3,(H2,108,129)(H,109,130)(H,110,131)(H,111,127)(H,112,128)(H,113,132)(H,114,133)(H,115,135)(H,116,134)(H,117,137)(H,118,136)(H,119,139)(H,120,138)(H,121,141)(H,122,140)(H,123,143)(H,124,142)(H,125,145)(H,126,144)/t68-,70-,71-,72-,73-,74-,75-,76-,77-,78-,79-,80-,81-,82-,83-,84-,85-/m0/s1/i92+1,93+1,94+1,95+1,96+1,97+1,98+1,99+1,100+1,101+1,102+1,103+1. The minimum Gasteiger partial charge on any atom is -0.368 e. The van der Waals surface area contributed by atoms with E-state index >= 15 is 0 Å². The Morgan fingerprint density at radius 2 is 0.317 bits per heavy atom. The normalized spacial score (nSPS) is 15.2. The van der Waals surface area contributed by atoms with Crippen molar-refractivity contribution < 1.29 is 91.1 Å². The zero-order valence-corrected chi connectivity index (χ0v) is 92.4. The predicted molar refractivity (Wildman–Crippen MR) is 561 cm³/mol. The molecule has 145 heavy (non-hydrogen) atoms. The summed E-state index contributed by atoms with van der Waals surface area (Å²) in [5, 5.41) is 49.9. The van der Waals surface area contributed by atoms with Crippen LogP contribution in [0.1, 0.15) is 334 Å². The van der Waals surface area contributed by atoms with Gasteiger partial charge in [0, 0.05) is 6.92 Å². The van der Waals surface area contributed by atoms with Crippen LogP contribution in [0.15, 0.2) is 0 Å². The number of unbranched alkanes of at least 4 members (excludes halogenated alkanes) is 4. The van der Waals surface area contributed by atoms with Crippen LogP contribution in [0.3, 0.4) is 0 Å². The van der Waals surface area contributed by atoms with Gasteiger partial charge in [-0.1, -0.05) is 166 Å². The van der Waals surface area contributed by atoms with Gasteiger partial charge in [-0.05, 0) is 258 Å². The van der Waals surface area contributed by atoms with Crippen LogP contribution in [0, 0.1) is 71.0 Å². The summed E-state index contributed by atoms with van der Waals surface area (Å²) in [6, 6.07) is -20.9. The van der Waals surface area contributed by atoms with Gasteiger partial charge in [-0.15, -0.1) is 0 Å². The topological polar surface area (TPSA) is 671 Å². The van der Waals surface area contributed by atoms with E-state index in [1.807, 2.05) is 166 Å². The van der Waals surface area contributed by atoms with Crippen LogP contribution in [-0.2, 0) is 91.1 Å². The van der Waals surface area contributed by atoms with Crippen LogP contribution >= 0.6 is 0 Å². The molecule has 0 unspecified atom stereocenters. The lowest BCUT2D eigenvalue weighted by molar-refractivity contribution is -0.137. The zero-order valence-electron chi connectivity index (χ0n) is 92.4. The number of nitrogens with two attached hydrogens (primary N) is 5. The van der Waals surface area contributed by atoms with Crippen molar-refractivity contribution >= 4 is 112 Å². The molecule has 42 heteroatoms. The molecule has 19 amide bonds. The van der Waals surface area contributed by atoms with Crippen molar-refractivity contribution in [2.75, 3.05) is 32.7 Å². The average molecular weight is 2070 g/mol. The summed E-state index contributed by atoms with van der Waals surface area (Å²) >= 11 is 0. The molecule has 0 aromatic rings. The molecule has 17 atom stereocenters. The third kappa shape index (κ3) is 58.8. The second kappa shape index (κ2) is 72.2. The molecule has 0 aliphatic heterocycles. The molecule has 0 radical (unpaired) electrons. The van der Waals surface area contributed by atoms with Gasteiger partial charge in [0.15, 0.2) is 0 Å². The van der Waals surface area contributed by atoms with Crippen molar-refractivity contribution in [2.24, 2.45) is 99.7 Å². The Bertz CT molecular complexity index is 4010. The van der Waals surface area contributed by atoms with Gasteiger partial charge in [0.05, 0.1) is 6.54 Å². The zero-order chi connectivity index (χ0) is 111. The highest BCUT2D eigenvalue weighted by molar-refractivity contribution is 6.02. The highest BCUT2D eigenvalue weighted by Crippen LogP contribution is 2.21. The Balaban J connectivity index is 7.30. The number of carbonyl (C=O) groups is 19. The van der Waals surface area contributed by atoms with E-state index in [0.717, 1.165) is 0 Å². The van der Waals surface area contributed by atoms with Crippen molar-refractivity contribution in [3.63, 3.8) is 0 Å². The molecule has 0 rings (SSSR count).